The van der Waals surface area contributed by atoms with Crippen LogP contribution in [-0.4, -0.2) is 26.9 Å². The summed E-state index contributed by atoms with van der Waals surface area (Å²) in [4.78, 5) is 0.859. The Morgan fingerprint density at radius 3 is 2.60 bits per heavy atom. The van der Waals surface area contributed by atoms with E-state index < -0.39 is 0 Å². The molecule has 104 valence electrons. The quantitative estimate of drug-likeness (QED) is 0.740. The molecule has 0 unspecified atom stereocenters. The predicted molar refractivity (Wildman–Crippen MR) is 78.5 cm³/mol. The molecule has 0 N–H and O–H groups in total. The lowest BCUT2D eigenvalue weighted by Crippen LogP contribution is -1.99. The highest BCUT2D eigenvalue weighted by molar-refractivity contribution is 7.16. The van der Waals surface area contributed by atoms with E-state index in [4.69, 9.17) is 4.74 Å². The lowest BCUT2D eigenvalue weighted by Gasteiger charge is -2.01. The molecular weight excluding hydrogens is 272 g/mol. The first kappa shape index (κ1) is 13.1. The van der Waals surface area contributed by atoms with Gasteiger partial charge in [0.2, 0.25) is 4.96 Å². The molecule has 3 aromatic rings. The highest BCUT2D eigenvalue weighted by atomic mass is 32.1. The Hall–Kier alpha value is -1.95. The molecule has 0 aliphatic carbocycles. The fraction of sp³-hybridized carbons (Fsp3) is 0.357. The van der Waals surface area contributed by atoms with Crippen molar-refractivity contribution < 1.29 is 4.74 Å². The van der Waals surface area contributed by atoms with E-state index in [9.17, 15) is 0 Å². The van der Waals surface area contributed by atoms with E-state index in [2.05, 4.69) is 41.3 Å². The smallest absolute Gasteiger partial charge is 0.234 e. The Balaban J connectivity index is 1.86. The number of nitrogens with zero attached hydrogens (tertiary/aromatic N) is 4. The van der Waals surface area contributed by atoms with Gasteiger partial charge in [-0.25, -0.2) is 0 Å². The summed E-state index contributed by atoms with van der Waals surface area (Å²) in [6.07, 6.45) is 0.801. The summed E-state index contributed by atoms with van der Waals surface area (Å²) in [6, 6.07) is 8.06. The van der Waals surface area contributed by atoms with E-state index in [1.807, 2.05) is 16.6 Å². The van der Waals surface area contributed by atoms with Crippen LogP contribution in [0.25, 0.3) is 4.96 Å². The van der Waals surface area contributed by atoms with Crippen molar-refractivity contribution in [3.8, 4) is 5.75 Å². The molecule has 5 nitrogen and oxygen atoms in total. The molecule has 20 heavy (non-hydrogen) atoms. The van der Waals surface area contributed by atoms with Gasteiger partial charge in [-0.1, -0.05) is 37.3 Å². The summed E-state index contributed by atoms with van der Waals surface area (Å²) in [6.45, 7) is 4.19. The molecule has 6 heteroatoms. The van der Waals surface area contributed by atoms with Gasteiger partial charge in [-0.3, -0.25) is 0 Å². The maximum atomic E-state index is 5.16. The molecule has 2 heterocycles. The number of ether oxygens (including phenoxy) is 1. The van der Waals surface area contributed by atoms with E-state index in [-0.39, 0.29) is 0 Å². The molecule has 0 bridgehead atoms. The zero-order valence-electron chi connectivity index (χ0n) is 11.7. The third kappa shape index (κ3) is 2.38. The first-order valence-corrected chi connectivity index (χ1v) is 7.33. The number of fused-ring (bicyclic) bond motifs is 1. The van der Waals surface area contributed by atoms with Crippen LogP contribution in [0.1, 0.15) is 36.2 Å². The van der Waals surface area contributed by atoms with Gasteiger partial charge in [-0.05, 0) is 17.7 Å². The number of methoxy groups -OCH3 is 1. The van der Waals surface area contributed by atoms with Crippen LogP contribution in [0.3, 0.4) is 0 Å². The van der Waals surface area contributed by atoms with Crippen LogP contribution in [-0.2, 0) is 6.42 Å². The Kier molecular flexibility index (Phi) is 3.40. The molecule has 0 amide bonds. The first-order chi connectivity index (χ1) is 9.67. The second kappa shape index (κ2) is 5.20. The average molecular weight is 288 g/mol. The largest absolute Gasteiger partial charge is 0.497 e. The fourth-order valence-corrected chi connectivity index (χ4v) is 2.90. The minimum absolute atomic E-state index is 0.320. The average Bonchev–Trinajstić information content (AvgIpc) is 2.98. The molecule has 0 saturated heterocycles. The number of rotatable bonds is 4. The van der Waals surface area contributed by atoms with Crippen molar-refractivity contribution in [3.05, 3.63) is 40.7 Å². The van der Waals surface area contributed by atoms with Crippen molar-refractivity contribution in [2.24, 2.45) is 0 Å². The molecule has 0 saturated carbocycles. The fourth-order valence-electron chi connectivity index (χ4n) is 2.02. The van der Waals surface area contributed by atoms with Crippen LogP contribution in [0, 0.1) is 0 Å². The summed E-state index contributed by atoms with van der Waals surface area (Å²) in [5.41, 5.74) is 1.21. The molecular formula is C14H16N4OS. The lowest BCUT2D eigenvalue weighted by atomic mass is 10.1. The molecule has 0 spiro atoms. The van der Waals surface area contributed by atoms with Crippen LogP contribution in [0.15, 0.2) is 24.3 Å². The van der Waals surface area contributed by atoms with Crippen molar-refractivity contribution >= 4 is 16.3 Å². The zero-order valence-corrected chi connectivity index (χ0v) is 12.5. The minimum Gasteiger partial charge on any atom is -0.497 e. The molecule has 0 radical (unpaired) electrons. The van der Waals surface area contributed by atoms with Crippen molar-refractivity contribution in [2.75, 3.05) is 7.11 Å². The molecule has 0 fully saturated rings. The third-order valence-electron chi connectivity index (χ3n) is 3.09. The number of aromatic nitrogens is 4. The second-order valence-electron chi connectivity index (χ2n) is 4.93. The molecule has 2 aromatic heterocycles. The Bertz CT molecular complexity index is 714. The van der Waals surface area contributed by atoms with Crippen LogP contribution >= 0.6 is 11.3 Å². The molecule has 0 aliphatic rings. The van der Waals surface area contributed by atoms with Crippen LogP contribution in [0.4, 0.5) is 0 Å². The van der Waals surface area contributed by atoms with Crippen molar-refractivity contribution in [1.29, 1.82) is 0 Å². The minimum atomic E-state index is 0.320. The Labute approximate surface area is 121 Å². The molecule has 1 aromatic carbocycles. The van der Waals surface area contributed by atoms with Gasteiger partial charge >= 0.3 is 0 Å². The summed E-state index contributed by atoms with van der Waals surface area (Å²) in [5.74, 6) is 2.10. The summed E-state index contributed by atoms with van der Waals surface area (Å²) >= 11 is 1.59. The summed E-state index contributed by atoms with van der Waals surface area (Å²) in [7, 11) is 1.67. The van der Waals surface area contributed by atoms with Gasteiger partial charge in [0.05, 0.1) is 7.11 Å². The van der Waals surface area contributed by atoms with E-state index in [0.29, 0.717) is 5.92 Å². The van der Waals surface area contributed by atoms with E-state index in [0.717, 1.165) is 28.0 Å². The topological polar surface area (TPSA) is 52.3 Å². The maximum absolute atomic E-state index is 5.16. The third-order valence-corrected chi connectivity index (χ3v) is 3.99. The van der Waals surface area contributed by atoms with Crippen LogP contribution < -0.4 is 4.74 Å². The van der Waals surface area contributed by atoms with Gasteiger partial charge in [0, 0.05) is 12.3 Å². The molecule has 0 aliphatic heterocycles. The lowest BCUT2D eigenvalue weighted by molar-refractivity contribution is 0.414. The normalized spacial score (nSPS) is 11.4. The number of hydrogen-bond acceptors (Lipinski definition) is 5. The van der Waals surface area contributed by atoms with Gasteiger partial charge in [-0.2, -0.15) is 9.61 Å². The van der Waals surface area contributed by atoms with Crippen molar-refractivity contribution in [1.82, 2.24) is 19.8 Å². The van der Waals surface area contributed by atoms with Gasteiger partial charge < -0.3 is 4.74 Å². The van der Waals surface area contributed by atoms with E-state index in [1.165, 1.54) is 5.56 Å². The summed E-state index contributed by atoms with van der Waals surface area (Å²) in [5, 5.41) is 14.0. The standard InChI is InChI=1S/C14H16N4OS/c1-9(2)13-15-16-14-18(13)17-12(20-14)8-10-4-6-11(19-3)7-5-10/h4-7,9H,8H2,1-3H3. The van der Waals surface area contributed by atoms with E-state index in [1.54, 1.807) is 18.4 Å². The molecule has 3 rings (SSSR count). The Morgan fingerprint density at radius 2 is 1.95 bits per heavy atom. The Morgan fingerprint density at radius 1 is 1.20 bits per heavy atom. The van der Waals surface area contributed by atoms with Crippen LogP contribution in [0.2, 0.25) is 0 Å². The zero-order chi connectivity index (χ0) is 14.1. The van der Waals surface area contributed by atoms with Gasteiger partial charge in [0.1, 0.15) is 10.8 Å². The van der Waals surface area contributed by atoms with Gasteiger partial charge in [-0.15, -0.1) is 10.2 Å². The van der Waals surface area contributed by atoms with Gasteiger partial charge in [0.15, 0.2) is 5.82 Å². The predicted octanol–water partition coefficient (Wildman–Crippen LogP) is 2.91. The van der Waals surface area contributed by atoms with Crippen molar-refractivity contribution in [2.45, 2.75) is 26.2 Å². The number of hydrogen-bond donors (Lipinski definition) is 0. The highest BCUT2D eigenvalue weighted by Crippen LogP contribution is 2.21. The number of benzene rings is 1. The SMILES string of the molecule is COc1ccc(Cc2nn3c(C(C)C)nnc3s2)cc1. The monoisotopic (exact) mass is 288 g/mol. The second-order valence-corrected chi connectivity index (χ2v) is 5.97. The van der Waals surface area contributed by atoms with Gasteiger partial charge in [0.25, 0.3) is 0 Å². The highest BCUT2D eigenvalue weighted by Gasteiger charge is 2.14. The van der Waals surface area contributed by atoms with Crippen molar-refractivity contribution in [3.63, 3.8) is 0 Å². The maximum Gasteiger partial charge on any atom is 0.234 e. The van der Waals surface area contributed by atoms with E-state index >= 15 is 0 Å². The molecule has 0 atom stereocenters. The summed E-state index contributed by atoms with van der Waals surface area (Å²) < 4.78 is 7.02. The van der Waals surface area contributed by atoms with Crippen LogP contribution in [0.5, 0.6) is 5.75 Å². The first-order valence-electron chi connectivity index (χ1n) is 6.51.